The van der Waals surface area contributed by atoms with Crippen molar-refractivity contribution in [1.82, 2.24) is 0 Å². The first-order valence-electron chi connectivity index (χ1n) is 4.93. The van der Waals surface area contributed by atoms with Crippen LogP contribution in [0.5, 0.6) is 0 Å². The van der Waals surface area contributed by atoms with Crippen LogP contribution in [0.25, 0.3) is 0 Å². The van der Waals surface area contributed by atoms with E-state index in [0.717, 1.165) is 5.92 Å². The van der Waals surface area contributed by atoms with E-state index in [1.165, 1.54) is 31.2 Å². The van der Waals surface area contributed by atoms with E-state index in [-0.39, 0.29) is 7.43 Å². The molecule has 0 nitrogen and oxygen atoms in total. The first-order valence-corrected chi connectivity index (χ1v) is 4.93. The van der Waals surface area contributed by atoms with Gasteiger partial charge in [-0.1, -0.05) is 44.5 Å². The zero-order valence-electron chi connectivity index (χ0n) is 7.72. The summed E-state index contributed by atoms with van der Waals surface area (Å²) in [6.45, 7) is 2.23. The van der Waals surface area contributed by atoms with E-state index in [1.807, 2.05) is 0 Å². The molecule has 72 valence electrons. The SMILES string of the molecule is C.Cc1ccccc1C1CCCC1. The van der Waals surface area contributed by atoms with Crippen LogP contribution in [-0.2, 0) is 0 Å². The fraction of sp³-hybridized carbons (Fsp3) is 0.538. The first-order chi connectivity index (χ1) is 5.88. The molecule has 1 saturated carbocycles. The van der Waals surface area contributed by atoms with E-state index in [0.29, 0.717) is 0 Å². The molecular weight excluding hydrogens is 156 g/mol. The van der Waals surface area contributed by atoms with Crippen LogP contribution in [0.1, 0.15) is 50.2 Å². The Bertz CT molecular complexity index is 256. The standard InChI is InChI=1S/C12H16.CH4/c1-10-6-2-5-9-12(10)11-7-3-4-8-11;/h2,5-6,9,11H,3-4,7-8H2,1H3;1H4. The average molecular weight is 176 g/mol. The number of benzene rings is 1. The summed E-state index contributed by atoms with van der Waals surface area (Å²) in [6, 6.07) is 8.83. The number of rotatable bonds is 1. The first kappa shape index (κ1) is 10.3. The van der Waals surface area contributed by atoms with Gasteiger partial charge in [-0.15, -0.1) is 0 Å². The largest absolute Gasteiger partial charge is 0.0776 e. The highest BCUT2D eigenvalue weighted by molar-refractivity contribution is 5.29. The summed E-state index contributed by atoms with van der Waals surface area (Å²) in [5.74, 6) is 0.867. The van der Waals surface area contributed by atoms with Gasteiger partial charge in [-0.3, -0.25) is 0 Å². The third-order valence-corrected chi connectivity index (χ3v) is 2.98. The van der Waals surface area contributed by atoms with Crippen molar-refractivity contribution in [3.8, 4) is 0 Å². The molecule has 0 bridgehead atoms. The van der Waals surface area contributed by atoms with Crippen LogP contribution >= 0.6 is 0 Å². The summed E-state index contributed by atoms with van der Waals surface area (Å²) in [4.78, 5) is 0. The summed E-state index contributed by atoms with van der Waals surface area (Å²) in [7, 11) is 0. The van der Waals surface area contributed by atoms with E-state index in [4.69, 9.17) is 0 Å². The minimum atomic E-state index is 0. The molecule has 1 aromatic carbocycles. The smallest absolute Gasteiger partial charge is 0.0159 e. The van der Waals surface area contributed by atoms with E-state index in [2.05, 4.69) is 31.2 Å². The molecule has 1 aliphatic rings. The Morgan fingerprint density at radius 1 is 1.08 bits per heavy atom. The average Bonchev–Trinajstić information content (AvgIpc) is 2.57. The van der Waals surface area contributed by atoms with Crippen molar-refractivity contribution in [2.45, 2.75) is 46.0 Å². The molecule has 0 N–H and O–H groups in total. The van der Waals surface area contributed by atoms with Crippen molar-refractivity contribution in [2.24, 2.45) is 0 Å². The number of hydrogen-bond donors (Lipinski definition) is 0. The predicted molar refractivity (Wildman–Crippen MR) is 59.1 cm³/mol. The molecule has 0 aromatic heterocycles. The van der Waals surface area contributed by atoms with Gasteiger partial charge in [-0.2, -0.15) is 0 Å². The molecule has 0 saturated heterocycles. The normalized spacial score (nSPS) is 17.0. The Hall–Kier alpha value is -0.780. The van der Waals surface area contributed by atoms with Crippen molar-refractivity contribution in [3.05, 3.63) is 35.4 Å². The van der Waals surface area contributed by atoms with Crippen molar-refractivity contribution in [3.63, 3.8) is 0 Å². The van der Waals surface area contributed by atoms with Gasteiger partial charge in [0.05, 0.1) is 0 Å². The van der Waals surface area contributed by atoms with E-state index in [1.54, 1.807) is 5.56 Å². The molecule has 0 atom stereocenters. The Morgan fingerprint density at radius 3 is 2.31 bits per heavy atom. The zero-order valence-corrected chi connectivity index (χ0v) is 7.72. The van der Waals surface area contributed by atoms with Crippen LogP contribution in [0, 0.1) is 6.92 Å². The Morgan fingerprint density at radius 2 is 1.69 bits per heavy atom. The topological polar surface area (TPSA) is 0 Å². The van der Waals surface area contributed by atoms with E-state index in [9.17, 15) is 0 Å². The summed E-state index contributed by atoms with van der Waals surface area (Å²) >= 11 is 0. The van der Waals surface area contributed by atoms with Gasteiger partial charge in [0.2, 0.25) is 0 Å². The van der Waals surface area contributed by atoms with Gasteiger partial charge >= 0.3 is 0 Å². The molecule has 0 spiro atoms. The van der Waals surface area contributed by atoms with E-state index >= 15 is 0 Å². The molecule has 1 fully saturated rings. The molecule has 1 aromatic rings. The second-order valence-electron chi connectivity index (χ2n) is 3.84. The molecule has 13 heavy (non-hydrogen) atoms. The predicted octanol–water partition coefficient (Wildman–Crippen LogP) is 4.29. The Balaban J connectivity index is 0.000000845. The zero-order chi connectivity index (χ0) is 8.39. The van der Waals surface area contributed by atoms with Crippen molar-refractivity contribution in [2.75, 3.05) is 0 Å². The quantitative estimate of drug-likeness (QED) is 0.599. The van der Waals surface area contributed by atoms with Gasteiger partial charge in [0.15, 0.2) is 0 Å². The van der Waals surface area contributed by atoms with Crippen LogP contribution in [0.15, 0.2) is 24.3 Å². The maximum Gasteiger partial charge on any atom is -0.0159 e. The molecule has 0 unspecified atom stereocenters. The fourth-order valence-electron chi connectivity index (χ4n) is 2.28. The lowest BCUT2D eigenvalue weighted by atomic mass is 9.94. The number of hydrogen-bond acceptors (Lipinski definition) is 0. The molecule has 0 heteroatoms. The van der Waals surface area contributed by atoms with Crippen LogP contribution < -0.4 is 0 Å². The highest BCUT2D eigenvalue weighted by atomic mass is 14.2. The van der Waals surface area contributed by atoms with Crippen LogP contribution in [0.2, 0.25) is 0 Å². The lowest BCUT2D eigenvalue weighted by Crippen LogP contribution is -1.94. The third kappa shape index (κ3) is 2.12. The monoisotopic (exact) mass is 176 g/mol. The van der Waals surface area contributed by atoms with Gasteiger partial charge in [-0.25, -0.2) is 0 Å². The van der Waals surface area contributed by atoms with Crippen LogP contribution in [0.4, 0.5) is 0 Å². The van der Waals surface area contributed by atoms with Gasteiger partial charge in [0, 0.05) is 0 Å². The van der Waals surface area contributed by atoms with Gasteiger partial charge < -0.3 is 0 Å². The summed E-state index contributed by atoms with van der Waals surface area (Å²) in [5, 5.41) is 0. The summed E-state index contributed by atoms with van der Waals surface area (Å²) < 4.78 is 0. The lowest BCUT2D eigenvalue weighted by molar-refractivity contribution is 0.718. The Kier molecular flexibility index (Phi) is 3.53. The minimum Gasteiger partial charge on any atom is -0.0776 e. The second kappa shape index (κ2) is 4.45. The maximum atomic E-state index is 2.30. The molecule has 0 amide bonds. The molecule has 2 rings (SSSR count). The lowest BCUT2D eigenvalue weighted by Gasteiger charge is -2.11. The molecule has 0 radical (unpaired) electrons. The molecule has 1 aliphatic carbocycles. The van der Waals surface area contributed by atoms with Gasteiger partial charge in [0.1, 0.15) is 0 Å². The summed E-state index contributed by atoms with van der Waals surface area (Å²) in [6.07, 6.45) is 5.67. The van der Waals surface area contributed by atoms with Crippen molar-refractivity contribution < 1.29 is 0 Å². The van der Waals surface area contributed by atoms with Gasteiger partial charge in [-0.05, 0) is 36.8 Å². The fourth-order valence-corrected chi connectivity index (χ4v) is 2.28. The molecule has 0 heterocycles. The number of aryl methyl sites for hydroxylation is 1. The van der Waals surface area contributed by atoms with Crippen molar-refractivity contribution in [1.29, 1.82) is 0 Å². The highest BCUT2D eigenvalue weighted by Gasteiger charge is 2.17. The maximum absolute atomic E-state index is 2.30. The van der Waals surface area contributed by atoms with Crippen LogP contribution in [0.3, 0.4) is 0 Å². The minimum absolute atomic E-state index is 0. The summed E-state index contributed by atoms with van der Waals surface area (Å²) in [5.41, 5.74) is 3.07. The van der Waals surface area contributed by atoms with Gasteiger partial charge in [0.25, 0.3) is 0 Å². The van der Waals surface area contributed by atoms with Crippen LogP contribution in [-0.4, -0.2) is 0 Å². The molecular formula is C13H20. The van der Waals surface area contributed by atoms with Crippen molar-refractivity contribution >= 4 is 0 Å². The molecule has 0 aliphatic heterocycles. The second-order valence-corrected chi connectivity index (χ2v) is 3.84. The highest BCUT2D eigenvalue weighted by Crippen LogP contribution is 2.35. The Labute approximate surface area is 82.0 Å². The third-order valence-electron chi connectivity index (χ3n) is 2.98. The van der Waals surface area contributed by atoms with E-state index < -0.39 is 0 Å².